The fraction of sp³-hybridized carbons (Fsp3) is 0.235. The molecule has 3 rings (SSSR count). The second-order valence-electron chi connectivity index (χ2n) is 5.03. The summed E-state index contributed by atoms with van der Waals surface area (Å²) in [6.07, 6.45) is 0.822. The number of hydrogen-bond donors (Lipinski definition) is 2. The lowest BCUT2D eigenvalue weighted by atomic mass is 10.1. The predicted octanol–water partition coefficient (Wildman–Crippen LogP) is 2.99. The van der Waals surface area contributed by atoms with E-state index in [4.69, 9.17) is 0 Å². The van der Waals surface area contributed by atoms with Crippen LogP contribution in [0, 0.1) is 0 Å². The Morgan fingerprint density at radius 1 is 1.05 bits per heavy atom. The van der Waals surface area contributed by atoms with E-state index in [1.165, 1.54) is 10.3 Å². The van der Waals surface area contributed by atoms with Crippen LogP contribution < -0.4 is 5.32 Å². The van der Waals surface area contributed by atoms with E-state index in [1.54, 1.807) is 11.3 Å². The van der Waals surface area contributed by atoms with Crippen LogP contribution in [0.3, 0.4) is 0 Å². The molecule has 3 aromatic rings. The van der Waals surface area contributed by atoms with Crippen LogP contribution in [0.5, 0.6) is 0 Å². The van der Waals surface area contributed by atoms with Gasteiger partial charge in [0, 0.05) is 12.6 Å². The first kappa shape index (κ1) is 14.2. The maximum atomic E-state index is 9.53. The standard InChI is InChI=1S/C17H18N2OS/c20-12-14(10-13-6-2-1-3-7-13)18-11-17-19-15-8-4-5-9-16(15)21-17/h1-9,14,18,20H,10-12H2. The van der Waals surface area contributed by atoms with Crippen molar-refractivity contribution in [2.45, 2.75) is 19.0 Å². The number of aromatic nitrogens is 1. The van der Waals surface area contributed by atoms with Gasteiger partial charge in [0.2, 0.25) is 0 Å². The Morgan fingerprint density at radius 3 is 2.57 bits per heavy atom. The number of aliphatic hydroxyl groups is 1. The molecule has 2 N–H and O–H groups in total. The number of nitrogens with one attached hydrogen (secondary N) is 1. The van der Waals surface area contributed by atoms with E-state index < -0.39 is 0 Å². The molecule has 0 aliphatic heterocycles. The molecule has 0 bridgehead atoms. The summed E-state index contributed by atoms with van der Waals surface area (Å²) in [7, 11) is 0. The van der Waals surface area contributed by atoms with Crippen molar-refractivity contribution in [3.05, 3.63) is 65.2 Å². The maximum absolute atomic E-state index is 9.53. The van der Waals surface area contributed by atoms with Crippen LogP contribution in [0.2, 0.25) is 0 Å². The zero-order chi connectivity index (χ0) is 14.5. The van der Waals surface area contributed by atoms with E-state index >= 15 is 0 Å². The zero-order valence-corrected chi connectivity index (χ0v) is 12.5. The van der Waals surface area contributed by atoms with Crippen molar-refractivity contribution in [1.29, 1.82) is 0 Å². The van der Waals surface area contributed by atoms with E-state index in [0.717, 1.165) is 16.9 Å². The van der Waals surface area contributed by atoms with Crippen LogP contribution in [-0.4, -0.2) is 22.7 Å². The topological polar surface area (TPSA) is 45.1 Å². The van der Waals surface area contributed by atoms with Crippen molar-refractivity contribution < 1.29 is 5.11 Å². The van der Waals surface area contributed by atoms with Crippen LogP contribution in [0.4, 0.5) is 0 Å². The van der Waals surface area contributed by atoms with Gasteiger partial charge in [-0.05, 0) is 24.1 Å². The molecule has 4 heteroatoms. The van der Waals surface area contributed by atoms with Crippen molar-refractivity contribution in [1.82, 2.24) is 10.3 Å². The molecule has 0 amide bonds. The molecule has 2 aromatic carbocycles. The number of aliphatic hydroxyl groups excluding tert-OH is 1. The summed E-state index contributed by atoms with van der Waals surface area (Å²) >= 11 is 1.70. The van der Waals surface area contributed by atoms with Crippen molar-refractivity contribution in [3.63, 3.8) is 0 Å². The Morgan fingerprint density at radius 2 is 1.81 bits per heavy atom. The highest BCUT2D eigenvalue weighted by Crippen LogP contribution is 2.21. The van der Waals surface area contributed by atoms with Crippen molar-refractivity contribution in [2.75, 3.05) is 6.61 Å². The number of benzene rings is 2. The normalized spacial score (nSPS) is 12.6. The van der Waals surface area contributed by atoms with Gasteiger partial charge in [-0.25, -0.2) is 4.98 Å². The molecule has 108 valence electrons. The highest BCUT2D eigenvalue weighted by Gasteiger charge is 2.09. The monoisotopic (exact) mass is 298 g/mol. The number of hydrogen-bond acceptors (Lipinski definition) is 4. The van der Waals surface area contributed by atoms with Gasteiger partial charge in [0.15, 0.2) is 0 Å². The van der Waals surface area contributed by atoms with Gasteiger partial charge in [-0.1, -0.05) is 42.5 Å². The van der Waals surface area contributed by atoms with Gasteiger partial charge in [-0.3, -0.25) is 0 Å². The number of nitrogens with zero attached hydrogens (tertiary/aromatic N) is 1. The Balaban J connectivity index is 1.62. The Labute approximate surface area is 128 Å². The minimum atomic E-state index is 0.0550. The van der Waals surface area contributed by atoms with Gasteiger partial charge < -0.3 is 10.4 Å². The van der Waals surface area contributed by atoms with Crippen LogP contribution in [0.1, 0.15) is 10.6 Å². The summed E-state index contributed by atoms with van der Waals surface area (Å²) in [4.78, 5) is 4.60. The van der Waals surface area contributed by atoms with Gasteiger partial charge in [-0.15, -0.1) is 11.3 Å². The minimum Gasteiger partial charge on any atom is -0.395 e. The molecule has 0 spiro atoms. The second-order valence-corrected chi connectivity index (χ2v) is 6.14. The quantitative estimate of drug-likeness (QED) is 0.735. The van der Waals surface area contributed by atoms with E-state index in [0.29, 0.717) is 6.54 Å². The molecular weight excluding hydrogens is 280 g/mol. The molecule has 0 radical (unpaired) electrons. The molecule has 0 aliphatic carbocycles. The lowest BCUT2D eigenvalue weighted by Gasteiger charge is -2.15. The number of rotatable bonds is 6. The third kappa shape index (κ3) is 3.67. The van der Waals surface area contributed by atoms with E-state index in [9.17, 15) is 5.11 Å². The van der Waals surface area contributed by atoms with E-state index in [2.05, 4.69) is 28.5 Å². The molecular formula is C17H18N2OS. The Hall–Kier alpha value is -1.75. The molecule has 0 fully saturated rings. The molecule has 3 nitrogen and oxygen atoms in total. The molecule has 21 heavy (non-hydrogen) atoms. The van der Waals surface area contributed by atoms with Crippen molar-refractivity contribution in [3.8, 4) is 0 Å². The third-order valence-corrected chi connectivity index (χ3v) is 4.46. The Kier molecular flexibility index (Phi) is 4.60. The molecule has 0 saturated heterocycles. The van der Waals surface area contributed by atoms with Crippen LogP contribution in [0.15, 0.2) is 54.6 Å². The molecule has 1 aromatic heterocycles. The first-order valence-corrected chi connectivity index (χ1v) is 7.89. The third-order valence-electron chi connectivity index (χ3n) is 3.43. The largest absolute Gasteiger partial charge is 0.395 e. The number of para-hydroxylation sites is 1. The summed E-state index contributed by atoms with van der Waals surface area (Å²) in [6.45, 7) is 0.817. The summed E-state index contributed by atoms with van der Waals surface area (Å²) < 4.78 is 1.21. The average molecular weight is 298 g/mol. The van der Waals surface area contributed by atoms with Gasteiger partial charge in [0.05, 0.1) is 16.8 Å². The van der Waals surface area contributed by atoms with Crippen LogP contribution >= 0.6 is 11.3 Å². The molecule has 1 heterocycles. The van der Waals surface area contributed by atoms with E-state index in [1.807, 2.05) is 36.4 Å². The van der Waals surface area contributed by atoms with Crippen LogP contribution in [0.25, 0.3) is 10.2 Å². The van der Waals surface area contributed by atoms with Gasteiger partial charge in [0.1, 0.15) is 5.01 Å². The molecule has 1 atom stereocenters. The molecule has 0 saturated carbocycles. The van der Waals surface area contributed by atoms with Gasteiger partial charge >= 0.3 is 0 Å². The minimum absolute atomic E-state index is 0.0550. The second kappa shape index (κ2) is 6.80. The summed E-state index contributed by atoms with van der Waals surface area (Å²) in [6, 6.07) is 18.4. The SMILES string of the molecule is OCC(Cc1ccccc1)NCc1nc2ccccc2s1. The van der Waals surface area contributed by atoms with Gasteiger partial charge in [0.25, 0.3) is 0 Å². The number of thiazole rings is 1. The molecule has 0 aliphatic rings. The fourth-order valence-electron chi connectivity index (χ4n) is 2.33. The summed E-state index contributed by atoms with van der Waals surface area (Å²) in [5, 5.41) is 14.0. The molecule has 1 unspecified atom stereocenters. The average Bonchev–Trinajstić information content (AvgIpc) is 2.95. The highest BCUT2D eigenvalue weighted by atomic mass is 32.1. The highest BCUT2D eigenvalue weighted by molar-refractivity contribution is 7.18. The summed E-state index contributed by atoms with van der Waals surface area (Å²) in [5.41, 5.74) is 2.27. The lowest BCUT2D eigenvalue weighted by molar-refractivity contribution is 0.241. The van der Waals surface area contributed by atoms with Crippen molar-refractivity contribution >= 4 is 21.6 Å². The Bertz CT molecular complexity index is 663. The lowest BCUT2D eigenvalue weighted by Crippen LogP contribution is -2.33. The predicted molar refractivity (Wildman–Crippen MR) is 87.5 cm³/mol. The van der Waals surface area contributed by atoms with Gasteiger partial charge in [-0.2, -0.15) is 0 Å². The zero-order valence-electron chi connectivity index (χ0n) is 11.7. The van der Waals surface area contributed by atoms with E-state index in [-0.39, 0.29) is 12.6 Å². The number of fused-ring (bicyclic) bond motifs is 1. The van der Waals surface area contributed by atoms with Crippen LogP contribution in [-0.2, 0) is 13.0 Å². The first-order chi connectivity index (χ1) is 10.3. The fourth-order valence-corrected chi connectivity index (χ4v) is 3.25. The maximum Gasteiger partial charge on any atom is 0.108 e. The summed E-state index contributed by atoms with van der Waals surface area (Å²) in [5.74, 6) is 0. The smallest absolute Gasteiger partial charge is 0.108 e. The van der Waals surface area contributed by atoms with Crippen molar-refractivity contribution in [2.24, 2.45) is 0 Å². The first-order valence-electron chi connectivity index (χ1n) is 7.08.